The zero-order chi connectivity index (χ0) is 14.8. The molecule has 1 aromatic carbocycles. The minimum atomic E-state index is 0.450. The van der Waals surface area contributed by atoms with E-state index in [1.54, 1.807) is 11.1 Å². The first kappa shape index (κ1) is 13.8. The van der Waals surface area contributed by atoms with Gasteiger partial charge >= 0.3 is 0 Å². The Morgan fingerprint density at radius 3 is 1.76 bits per heavy atom. The average Bonchev–Trinajstić information content (AvgIpc) is 2.65. The summed E-state index contributed by atoms with van der Waals surface area (Å²) in [6.07, 6.45) is 5.42. The third-order valence-corrected chi connectivity index (χ3v) is 7.39. The number of rotatable bonds is 2. The molecule has 0 spiro atoms. The van der Waals surface area contributed by atoms with Crippen LogP contribution in [0.25, 0.3) is 0 Å². The molecule has 2 atom stereocenters. The standard InChI is InChI=1S/C20H29N/c1-19(2)18(20(19,3)4)21-17-15-9-10-16(17)12-14-8-6-5-7-13(14)11-15/h5-8,15-18,21H,9-12H2,1-4H3. The summed E-state index contributed by atoms with van der Waals surface area (Å²) in [7, 11) is 0. The van der Waals surface area contributed by atoms with E-state index in [1.165, 1.54) is 25.7 Å². The van der Waals surface area contributed by atoms with Gasteiger partial charge in [0.05, 0.1) is 0 Å². The molecule has 0 aliphatic heterocycles. The van der Waals surface area contributed by atoms with E-state index in [9.17, 15) is 0 Å². The maximum atomic E-state index is 4.11. The van der Waals surface area contributed by atoms with Gasteiger partial charge in [-0.2, -0.15) is 0 Å². The first-order valence-electron chi connectivity index (χ1n) is 8.74. The highest BCUT2D eigenvalue weighted by molar-refractivity contribution is 5.31. The maximum Gasteiger partial charge on any atom is 0.0184 e. The highest BCUT2D eigenvalue weighted by atomic mass is 15.1. The molecule has 0 radical (unpaired) electrons. The SMILES string of the molecule is CC1(C)C(NC2C3CCC2Cc2ccccc2C3)C1(C)C. The van der Waals surface area contributed by atoms with E-state index in [-0.39, 0.29) is 0 Å². The summed E-state index contributed by atoms with van der Waals surface area (Å²) in [5.41, 5.74) is 4.13. The normalized spacial score (nSPS) is 36.1. The van der Waals surface area contributed by atoms with Crippen LogP contribution in [-0.2, 0) is 12.8 Å². The van der Waals surface area contributed by atoms with Gasteiger partial charge in [-0.1, -0.05) is 52.0 Å². The van der Waals surface area contributed by atoms with Crippen molar-refractivity contribution in [2.24, 2.45) is 22.7 Å². The molecule has 2 saturated carbocycles. The van der Waals surface area contributed by atoms with Gasteiger partial charge in [-0.15, -0.1) is 0 Å². The number of hydrogen-bond donors (Lipinski definition) is 1. The van der Waals surface area contributed by atoms with E-state index in [0.717, 1.165) is 17.9 Å². The van der Waals surface area contributed by atoms with Gasteiger partial charge in [-0.05, 0) is 59.5 Å². The molecule has 1 N–H and O–H groups in total. The van der Waals surface area contributed by atoms with Gasteiger partial charge in [0.1, 0.15) is 0 Å². The van der Waals surface area contributed by atoms with Gasteiger partial charge in [-0.3, -0.25) is 0 Å². The van der Waals surface area contributed by atoms with Crippen molar-refractivity contribution in [2.75, 3.05) is 0 Å². The highest BCUT2D eigenvalue weighted by Gasteiger charge is 2.65. The van der Waals surface area contributed by atoms with Crippen LogP contribution in [0.5, 0.6) is 0 Å². The quantitative estimate of drug-likeness (QED) is 0.857. The van der Waals surface area contributed by atoms with Gasteiger partial charge < -0.3 is 5.32 Å². The van der Waals surface area contributed by atoms with Gasteiger partial charge in [0.15, 0.2) is 0 Å². The Balaban J connectivity index is 1.57. The molecule has 114 valence electrons. The Hall–Kier alpha value is -0.820. The van der Waals surface area contributed by atoms with Gasteiger partial charge in [-0.25, -0.2) is 0 Å². The topological polar surface area (TPSA) is 12.0 Å². The van der Waals surface area contributed by atoms with Crippen LogP contribution < -0.4 is 5.32 Å². The number of nitrogens with one attached hydrogen (secondary N) is 1. The molecule has 2 bridgehead atoms. The van der Waals surface area contributed by atoms with Crippen LogP contribution in [0.1, 0.15) is 51.7 Å². The predicted octanol–water partition coefficient (Wildman–Crippen LogP) is 4.20. The molecule has 1 nitrogen and oxygen atoms in total. The van der Waals surface area contributed by atoms with Crippen LogP contribution in [0, 0.1) is 22.7 Å². The molecule has 3 aliphatic carbocycles. The number of fused-ring (bicyclic) bond motifs is 3. The van der Waals surface area contributed by atoms with Crippen LogP contribution in [0.3, 0.4) is 0 Å². The zero-order valence-corrected chi connectivity index (χ0v) is 13.9. The van der Waals surface area contributed by atoms with Crippen molar-refractivity contribution in [1.29, 1.82) is 0 Å². The second-order valence-corrected chi connectivity index (χ2v) is 8.84. The molecule has 4 rings (SSSR count). The highest BCUT2D eigenvalue weighted by Crippen LogP contribution is 2.63. The lowest BCUT2D eigenvalue weighted by Crippen LogP contribution is -2.41. The molecule has 2 fully saturated rings. The van der Waals surface area contributed by atoms with Crippen molar-refractivity contribution in [3.8, 4) is 0 Å². The smallest absolute Gasteiger partial charge is 0.0184 e. The van der Waals surface area contributed by atoms with Crippen molar-refractivity contribution in [3.05, 3.63) is 35.4 Å². The summed E-state index contributed by atoms with van der Waals surface area (Å²) >= 11 is 0. The van der Waals surface area contributed by atoms with E-state index >= 15 is 0 Å². The Labute approximate surface area is 129 Å². The van der Waals surface area contributed by atoms with Crippen LogP contribution in [0.4, 0.5) is 0 Å². The third kappa shape index (κ3) is 1.93. The minimum Gasteiger partial charge on any atom is -0.310 e. The van der Waals surface area contributed by atoms with Crippen LogP contribution >= 0.6 is 0 Å². The van der Waals surface area contributed by atoms with Gasteiger partial charge in [0.2, 0.25) is 0 Å². The second kappa shape index (κ2) is 4.35. The molecule has 21 heavy (non-hydrogen) atoms. The van der Waals surface area contributed by atoms with E-state index in [0.29, 0.717) is 16.9 Å². The average molecular weight is 283 g/mol. The molecule has 0 amide bonds. The molecule has 0 saturated heterocycles. The molecule has 0 aromatic heterocycles. The lowest BCUT2D eigenvalue weighted by atomic mass is 9.94. The Bertz CT molecular complexity index is 510. The van der Waals surface area contributed by atoms with Crippen molar-refractivity contribution in [1.82, 2.24) is 5.32 Å². The predicted molar refractivity (Wildman–Crippen MR) is 88.3 cm³/mol. The molecule has 3 aliphatic rings. The van der Waals surface area contributed by atoms with Crippen molar-refractivity contribution < 1.29 is 0 Å². The van der Waals surface area contributed by atoms with Gasteiger partial charge in [0.25, 0.3) is 0 Å². The first-order chi connectivity index (χ1) is 9.91. The van der Waals surface area contributed by atoms with E-state index in [1.807, 2.05) is 0 Å². The monoisotopic (exact) mass is 283 g/mol. The molecule has 1 aromatic rings. The summed E-state index contributed by atoms with van der Waals surface area (Å²) in [6.45, 7) is 9.71. The number of hydrogen-bond acceptors (Lipinski definition) is 1. The molecule has 2 unspecified atom stereocenters. The van der Waals surface area contributed by atoms with Crippen LogP contribution in [0.2, 0.25) is 0 Å². The summed E-state index contributed by atoms with van der Waals surface area (Å²) < 4.78 is 0. The van der Waals surface area contributed by atoms with Crippen molar-refractivity contribution in [2.45, 2.75) is 65.5 Å². The summed E-state index contributed by atoms with van der Waals surface area (Å²) in [5, 5.41) is 4.11. The van der Waals surface area contributed by atoms with Crippen LogP contribution in [0.15, 0.2) is 24.3 Å². The van der Waals surface area contributed by atoms with Gasteiger partial charge in [0, 0.05) is 12.1 Å². The first-order valence-corrected chi connectivity index (χ1v) is 8.74. The molecular formula is C20H29N. The van der Waals surface area contributed by atoms with E-state index < -0.39 is 0 Å². The molecular weight excluding hydrogens is 254 g/mol. The van der Waals surface area contributed by atoms with Crippen molar-refractivity contribution >= 4 is 0 Å². The summed E-state index contributed by atoms with van der Waals surface area (Å²) in [5.74, 6) is 1.71. The minimum absolute atomic E-state index is 0.450. The molecule has 1 heteroatoms. The van der Waals surface area contributed by atoms with Crippen molar-refractivity contribution in [3.63, 3.8) is 0 Å². The Morgan fingerprint density at radius 2 is 1.33 bits per heavy atom. The lowest BCUT2D eigenvalue weighted by Gasteiger charge is -2.25. The van der Waals surface area contributed by atoms with E-state index in [4.69, 9.17) is 0 Å². The summed E-state index contributed by atoms with van der Waals surface area (Å²) in [4.78, 5) is 0. The maximum absolute atomic E-state index is 4.11. The fraction of sp³-hybridized carbons (Fsp3) is 0.700. The fourth-order valence-electron chi connectivity index (χ4n) is 5.23. The Kier molecular flexibility index (Phi) is 2.86. The van der Waals surface area contributed by atoms with Crippen LogP contribution in [-0.4, -0.2) is 12.1 Å². The second-order valence-electron chi connectivity index (χ2n) is 8.84. The number of benzene rings is 1. The van der Waals surface area contributed by atoms with E-state index in [2.05, 4.69) is 57.3 Å². The third-order valence-electron chi connectivity index (χ3n) is 7.39. The zero-order valence-electron chi connectivity index (χ0n) is 13.9. The fourth-order valence-corrected chi connectivity index (χ4v) is 5.23. The summed E-state index contributed by atoms with van der Waals surface area (Å²) in [6, 6.07) is 10.6. The lowest BCUT2D eigenvalue weighted by molar-refractivity contribution is 0.321. The largest absolute Gasteiger partial charge is 0.310 e. The molecule has 0 heterocycles. The Morgan fingerprint density at radius 1 is 0.857 bits per heavy atom.